The zero-order chi connectivity index (χ0) is 33.1. The molecule has 3 aliphatic carbocycles. The molecular formula is C39H47N5O4. The molecule has 252 valence electrons. The van der Waals surface area contributed by atoms with Gasteiger partial charge in [0, 0.05) is 55.6 Å². The molecule has 1 spiro atoms. The number of fused-ring (bicyclic) bond motifs is 4. The Bertz CT molecular complexity index is 1970. The molecule has 2 aliphatic heterocycles. The highest BCUT2D eigenvalue weighted by Crippen LogP contribution is 2.57. The van der Waals surface area contributed by atoms with E-state index >= 15 is 0 Å². The lowest BCUT2D eigenvalue weighted by atomic mass is 9.56. The van der Waals surface area contributed by atoms with Crippen LogP contribution in [0.4, 0.5) is 4.79 Å². The zero-order valence-corrected chi connectivity index (χ0v) is 28.9. The highest BCUT2D eigenvalue weighted by atomic mass is 16.6. The summed E-state index contributed by atoms with van der Waals surface area (Å²) < 4.78 is 16.2. The summed E-state index contributed by atoms with van der Waals surface area (Å²) in [6.45, 7) is 9.18. The number of ether oxygens (including phenoxy) is 2. The van der Waals surface area contributed by atoms with Crippen LogP contribution in [0, 0.1) is 17.3 Å². The van der Waals surface area contributed by atoms with Crippen molar-refractivity contribution >= 4 is 33.9 Å². The van der Waals surface area contributed by atoms with Crippen molar-refractivity contribution in [1.82, 2.24) is 23.9 Å². The van der Waals surface area contributed by atoms with E-state index in [1.54, 1.807) is 7.11 Å². The van der Waals surface area contributed by atoms with Gasteiger partial charge in [-0.05, 0) is 107 Å². The normalized spacial score (nSPS) is 23.3. The Balaban J connectivity index is 1.05. The van der Waals surface area contributed by atoms with Crippen molar-refractivity contribution < 1.29 is 19.1 Å². The molecule has 2 aromatic carbocycles. The van der Waals surface area contributed by atoms with Crippen LogP contribution in [0.25, 0.3) is 33.5 Å². The molecule has 2 bridgehead atoms. The summed E-state index contributed by atoms with van der Waals surface area (Å²) in [5, 5.41) is 1.24. The molecular weight excluding hydrogens is 602 g/mol. The standard InChI is InChI=1S/C39H47N5O4/c1-38(2,3)48-37(46)42-21-39(22-42)17-27(18-39)29-8-6-7-25-15-31(44(33(25)29)19-23-9-10-23)35-40-30-14-26(16-32(47-5)34(30)41(35)4)36(45)43-20-24-11-12-28(43)13-24/h6-8,14-16,23-24,27-28H,9-13,17-22H2,1-5H3/t24-,28+/m0/s1. The first-order valence-electron chi connectivity index (χ1n) is 17.9. The number of piperidine rings is 1. The van der Waals surface area contributed by atoms with Crippen LogP contribution in [0.3, 0.4) is 0 Å². The smallest absolute Gasteiger partial charge is 0.410 e. The molecule has 2 amide bonds. The molecule has 9 rings (SSSR count). The van der Waals surface area contributed by atoms with E-state index in [2.05, 4.69) is 45.3 Å². The molecule has 3 saturated carbocycles. The van der Waals surface area contributed by atoms with E-state index in [0.29, 0.717) is 35.1 Å². The number of imidazole rings is 1. The third kappa shape index (κ3) is 4.82. The Morgan fingerprint density at radius 1 is 1.02 bits per heavy atom. The fraction of sp³-hybridized carbons (Fsp3) is 0.564. The number of likely N-dealkylation sites (tertiary alicyclic amines) is 2. The number of para-hydroxylation sites is 1. The van der Waals surface area contributed by atoms with Gasteiger partial charge in [-0.1, -0.05) is 18.2 Å². The maximum atomic E-state index is 13.7. The number of aryl methyl sites for hydroxylation is 1. The Kier molecular flexibility index (Phi) is 6.58. The van der Waals surface area contributed by atoms with Crippen LogP contribution in [-0.4, -0.2) is 74.3 Å². The summed E-state index contributed by atoms with van der Waals surface area (Å²) in [4.78, 5) is 35.5. The lowest BCUT2D eigenvalue weighted by Crippen LogP contribution is -2.63. The quantitative estimate of drug-likeness (QED) is 0.218. The number of carbonyl (C=O) groups is 2. The van der Waals surface area contributed by atoms with Crippen molar-refractivity contribution in [1.29, 1.82) is 0 Å². The van der Waals surface area contributed by atoms with Crippen molar-refractivity contribution in [2.24, 2.45) is 24.3 Å². The van der Waals surface area contributed by atoms with Gasteiger partial charge in [-0.15, -0.1) is 0 Å². The molecule has 0 N–H and O–H groups in total. The summed E-state index contributed by atoms with van der Waals surface area (Å²) in [7, 11) is 3.75. The third-order valence-electron chi connectivity index (χ3n) is 11.9. The van der Waals surface area contributed by atoms with E-state index in [9.17, 15) is 9.59 Å². The first kappa shape index (κ1) is 30.1. The van der Waals surface area contributed by atoms with Crippen molar-refractivity contribution in [2.75, 3.05) is 26.7 Å². The van der Waals surface area contributed by atoms with Gasteiger partial charge in [-0.3, -0.25) is 4.79 Å². The molecule has 9 nitrogen and oxygen atoms in total. The Labute approximate surface area is 282 Å². The molecule has 0 unspecified atom stereocenters. The van der Waals surface area contributed by atoms with Crippen molar-refractivity contribution in [3.63, 3.8) is 0 Å². The van der Waals surface area contributed by atoms with Gasteiger partial charge in [-0.2, -0.15) is 0 Å². The van der Waals surface area contributed by atoms with E-state index in [4.69, 9.17) is 14.5 Å². The Morgan fingerprint density at radius 3 is 2.48 bits per heavy atom. The van der Waals surface area contributed by atoms with Crippen LogP contribution in [0.5, 0.6) is 5.75 Å². The molecule has 5 aliphatic rings. The minimum Gasteiger partial charge on any atom is -0.494 e. The number of amides is 2. The van der Waals surface area contributed by atoms with Gasteiger partial charge in [-0.25, -0.2) is 9.78 Å². The second kappa shape index (κ2) is 10.5. The molecule has 4 aromatic rings. The number of hydrogen-bond acceptors (Lipinski definition) is 5. The highest BCUT2D eigenvalue weighted by molar-refractivity contribution is 6.00. The van der Waals surface area contributed by atoms with Crippen LogP contribution in [0.2, 0.25) is 0 Å². The summed E-state index contributed by atoms with van der Waals surface area (Å²) >= 11 is 0. The largest absolute Gasteiger partial charge is 0.494 e. The molecule has 48 heavy (non-hydrogen) atoms. The van der Waals surface area contributed by atoms with E-state index in [1.165, 1.54) is 35.7 Å². The number of nitrogens with zero attached hydrogens (tertiary/aromatic N) is 5. The predicted octanol–water partition coefficient (Wildman–Crippen LogP) is 7.35. The lowest BCUT2D eigenvalue weighted by Gasteiger charge is -2.59. The topological polar surface area (TPSA) is 81.8 Å². The maximum Gasteiger partial charge on any atom is 0.410 e. The number of hydrogen-bond donors (Lipinski definition) is 0. The lowest BCUT2D eigenvalue weighted by molar-refractivity contribution is -0.0784. The second-order valence-electron chi connectivity index (χ2n) is 16.6. The first-order chi connectivity index (χ1) is 23.0. The summed E-state index contributed by atoms with van der Waals surface area (Å²) in [6.07, 6.45) is 8.00. The van der Waals surface area contributed by atoms with E-state index in [0.717, 1.165) is 74.4 Å². The molecule has 0 radical (unpaired) electrons. The number of methoxy groups -OCH3 is 1. The van der Waals surface area contributed by atoms with Gasteiger partial charge in [0.1, 0.15) is 16.9 Å². The van der Waals surface area contributed by atoms with Crippen LogP contribution in [0.15, 0.2) is 36.4 Å². The molecule has 2 aromatic heterocycles. The highest BCUT2D eigenvalue weighted by Gasteiger charge is 2.55. The minimum absolute atomic E-state index is 0.0982. The van der Waals surface area contributed by atoms with Crippen molar-refractivity contribution in [3.05, 3.63) is 47.5 Å². The second-order valence-corrected chi connectivity index (χ2v) is 16.6. The number of carbonyl (C=O) groups excluding carboxylic acids is 2. The van der Waals surface area contributed by atoms with Gasteiger partial charge in [0.15, 0.2) is 5.82 Å². The Hall–Kier alpha value is -4.01. The van der Waals surface area contributed by atoms with Crippen LogP contribution in [-0.2, 0) is 18.3 Å². The van der Waals surface area contributed by atoms with Gasteiger partial charge in [0.25, 0.3) is 5.91 Å². The molecule has 9 heteroatoms. The van der Waals surface area contributed by atoms with Crippen molar-refractivity contribution in [2.45, 2.75) is 89.8 Å². The fourth-order valence-corrected chi connectivity index (χ4v) is 9.46. The fourth-order valence-electron chi connectivity index (χ4n) is 9.46. The molecule has 4 heterocycles. The summed E-state index contributed by atoms with van der Waals surface area (Å²) in [5.74, 6) is 3.47. The first-order valence-corrected chi connectivity index (χ1v) is 17.9. The SMILES string of the molecule is COc1cc(C(=O)N2C[C@H]3CC[C@@H]2C3)cc2nc(-c3cc4cccc(C5CC6(C5)CN(C(=O)OC(C)(C)C)C6)c4n3CC3CC3)n(C)c12. The molecule has 5 fully saturated rings. The van der Waals surface area contributed by atoms with Crippen LogP contribution in [0.1, 0.15) is 87.6 Å². The summed E-state index contributed by atoms with van der Waals surface area (Å²) in [6, 6.07) is 13.3. The number of benzene rings is 2. The van der Waals surface area contributed by atoms with E-state index in [1.807, 2.05) is 37.8 Å². The average molecular weight is 650 g/mol. The van der Waals surface area contributed by atoms with Crippen LogP contribution >= 0.6 is 0 Å². The minimum atomic E-state index is -0.473. The Morgan fingerprint density at radius 2 is 1.81 bits per heavy atom. The predicted molar refractivity (Wildman–Crippen MR) is 185 cm³/mol. The maximum absolute atomic E-state index is 13.7. The van der Waals surface area contributed by atoms with Gasteiger partial charge < -0.3 is 28.4 Å². The average Bonchev–Trinajstić information content (AvgIpc) is 3.29. The third-order valence-corrected chi connectivity index (χ3v) is 11.9. The van der Waals surface area contributed by atoms with Gasteiger partial charge in [0.05, 0.1) is 23.8 Å². The monoisotopic (exact) mass is 649 g/mol. The number of rotatable bonds is 6. The zero-order valence-electron chi connectivity index (χ0n) is 28.9. The van der Waals surface area contributed by atoms with Crippen LogP contribution < -0.4 is 4.74 Å². The number of aromatic nitrogens is 3. The van der Waals surface area contributed by atoms with Gasteiger partial charge in [0.2, 0.25) is 0 Å². The summed E-state index contributed by atoms with van der Waals surface area (Å²) in [5.41, 5.74) is 5.95. The molecule has 2 atom stereocenters. The van der Waals surface area contributed by atoms with Crippen molar-refractivity contribution in [3.8, 4) is 17.3 Å². The van der Waals surface area contributed by atoms with E-state index < -0.39 is 5.60 Å². The van der Waals surface area contributed by atoms with E-state index in [-0.39, 0.29) is 17.4 Å². The van der Waals surface area contributed by atoms with Gasteiger partial charge >= 0.3 is 6.09 Å². The molecule has 2 saturated heterocycles.